The van der Waals surface area contributed by atoms with Crippen molar-refractivity contribution in [2.45, 2.75) is 25.9 Å². The number of esters is 1. The molecule has 0 aliphatic heterocycles. The van der Waals surface area contributed by atoms with Crippen molar-refractivity contribution in [1.82, 2.24) is 0 Å². The van der Waals surface area contributed by atoms with Crippen LogP contribution >= 0.6 is 22.9 Å². The van der Waals surface area contributed by atoms with E-state index in [0.717, 1.165) is 36.0 Å². The van der Waals surface area contributed by atoms with E-state index < -0.39 is 11.6 Å². The van der Waals surface area contributed by atoms with Crippen LogP contribution in [0.5, 0.6) is 0 Å². The lowest BCUT2D eigenvalue weighted by molar-refractivity contribution is 0.0479. The number of benzene rings is 1. The van der Waals surface area contributed by atoms with Gasteiger partial charge in [-0.25, -0.2) is 9.59 Å². The van der Waals surface area contributed by atoms with E-state index in [2.05, 4.69) is 0 Å². The molecule has 6 heteroatoms. The molecule has 122 valence electrons. The van der Waals surface area contributed by atoms with E-state index in [1.807, 2.05) is 12.1 Å². The number of hydrogen-bond acceptors (Lipinski definition) is 5. The Hall–Kier alpha value is -2.11. The van der Waals surface area contributed by atoms with Crippen molar-refractivity contribution in [3.05, 3.63) is 66.7 Å². The maximum absolute atomic E-state index is 12.1. The molecule has 0 saturated carbocycles. The van der Waals surface area contributed by atoms with E-state index in [4.69, 9.17) is 20.8 Å². The standard InChI is InChI=1S/C18H13ClO4S/c19-16-5-4-15(24-16)18(21)22-9-12-8-17(20)23-14-7-11-3-1-2-10(11)6-13(12)14/h4-8H,1-3,9H2. The summed E-state index contributed by atoms with van der Waals surface area (Å²) in [6.07, 6.45) is 3.14. The summed E-state index contributed by atoms with van der Waals surface area (Å²) in [5.74, 6) is -0.450. The summed E-state index contributed by atoms with van der Waals surface area (Å²) in [5, 5.41) is 0.826. The lowest BCUT2D eigenvalue weighted by Gasteiger charge is -2.08. The molecule has 4 nitrogen and oxygen atoms in total. The first-order chi connectivity index (χ1) is 11.6. The summed E-state index contributed by atoms with van der Waals surface area (Å²) < 4.78 is 11.2. The van der Waals surface area contributed by atoms with Gasteiger partial charge >= 0.3 is 11.6 Å². The van der Waals surface area contributed by atoms with Crippen LogP contribution < -0.4 is 5.63 Å². The minimum Gasteiger partial charge on any atom is -0.457 e. The van der Waals surface area contributed by atoms with Gasteiger partial charge in [-0.15, -0.1) is 11.3 Å². The van der Waals surface area contributed by atoms with E-state index in [9.17, 15) is 9.59 Å². The molecular weight excluding hydrogens is 348 g/mol. The Labute approximate surface area is 146 Å². The second-order valence-electron chi connectivity index (χ2n) is 5.74. The molecule has 0 atom stereocenters. The van der Waals surface area contributed by atoms with Gasteiger partial charge in [0.25, 0.3) is 0 Å². The topological polar surface area (TPSA) is 56.5 Å². The van der Waals surface area contributed by atoms with Gasteiger partial charge in [-0.3, -0.25) is 0 Å². The van der Waals surface area contributed by atoms with E-state index in [-0.39, 0.29) is 6.61 Å². The third-order valence-electron chi connectivity index (χ3n) is 4.18. The van der Waals surface area contributed by atoms with Gasteiger partial charge in [0.1, 0.15) is 17.1 Å². The molecule has 2 aromatic heterocycles. The lowest BCUT2D eigenvalue weighted by atomic mass is 10.0. The van der Waals surface area contributed by atoms with Crippen LogP contribution in [-0.2, 0) is 24.2 Å². The van der Waals surface area contributed by atoms with Gasteiger partial charge in [-0.1, -0.05) is 11.6 Å². The molecule has 0 amide bonds. The van der Waals surface area contributed by atoms with Gasteiger partial charge in [-0.05, 0) is 54.7 Å². The zero-order chi connectivity index (χ0) is 16.7. The van der Waals surface area contributed by atoms with Gasteiger partial charge in [-0.2, -0.15) is 0 Å². The van der Waals surface area contributed by atoms with Crippen LogP contribution in [0.1, 0.15) is 32.8 Å². The summed E-state index contributed by atoms with van der Waals surface area (Å²) in [5.41, 5.74) is 3.27. The molecule has 2 heterocycles. The monoisotopic (exact) mass is 360 g/mol. The van der Waals surface area contributed by atoms with E-state index in [0.29, 0.717) is 20.4 Å². The first kappa shape index (κ1) is 15.4. The van der Waals surface area contributed by atoms with Crippen molar-refractivity contribution < 1.29 is 13.9 Å². The fourth-order valence-corrected chi connectivity index (χ4v) is 3.99. The predicted molar refractivity (Wildman–Crippen MR) is 93.0 cm³/mol. The molecule has 4 rings (SSSR count). The number of rotatable bonds is 3. The maximum atomic E-state index is 12.1. The number of halogens is 1. The number of hydrogen-bond donors (Lipinski definition) is 0. The second-order valence-corrected chi connectivity index (χ2v) is 7.46. The third kappa shape index (κ3) is 2.85. The first-order valence-electron chi connectivity index (χ1n) is 7.61. The van der Waals surface area contributed by atoms with Crippen molar-refractivity contribution in [3.8, 4) is 0 Å². The van der Waals surface area contributed by atoms with Gasteiger partial charge in [0.2, 0.25) is 0 Å². The highest BCUT2D eigenvalue weighted by atomic mass is 35.5. The van der Waals surface area contributed by atoms with Gasteiger partial charge in [0.05, 0.1) is 4.34 Å². The highest BCUT2D eigenvalue weighted by molar-refractivity contribution is 7.17. The molecular formula is C18H13ClO4S. The van der Waals surface area contributed by atoms with Crippen molar-refractivity contribution >= 4 is 39.9 Å². The van der Waals surface area contributed by atoms with Crippen molar-refractivity contribution in [2.75, 3.05) is 0 Å². The van der Waals surface area contributed by atoms with E-state index in [1.54, 1.807) is 12.1 Å². The zero-order valence-corrected chi connectivity index (χ0v) is 14.2. The van der Waals surface area contributed by atoms with Crippen LogP contribution in [-0.4, -0.2) is 5.97 Å². The minimum absolute atomic E-state index is 0.0231. The zero-order valence-electron chi connectivity index (χ0n) is 12.6. The molecule has 0 radical (unpaired) electrons. The number of aryl methyl sites for hydroxylation is 2. The highest BCUT2D eigenvalue weighted by Crippen LogP contribution is 2.29. The average Bonchev–Trinajstić information content (AvgIpc) is 3.18. The summed E-state index contributed by atoms with van der Waals surface area (Å²) >= 11 is 7.00. The molecule has 0 N–H and O–H groups in total. The number of carbonyl (C=O) groups is 1. The number of fused-ring (bicyclic) bond motifs is 2. The molecule has 1 aromatic carbocycles. The summed E-state index contributed by atoms with van der Waals surface area (Å²) in [6, 6.07) is 8.64. The Balaban J connectivity index is 1.66. The molecule has 3 aromatic rings. The Bertz CT molecular complexity index is 1000. The number of ether oxygens (including phenoxy) is 1. The van der Waals surface area contributed by atoms with Gasteiger partial charge in [0, 0.05) is 17.0 Å². The van der Waals surface area contributed by atoms with Crippen LogP contribution in [0.15, 0.2) is 39.5 Å². The van der Waals surface area contributed by atoms with Gasteiger partial charge in [0.15, 0.2) is 0 Å². The fraction of sp³-hybridized carbons (Fsp3) is 0.222. The van der Waals surface area contributed by atoms with Gasteiger partial charge < -0.3 is 9.15 Å². The Morgan fingerprint density at radius 3 is 2.75 bits per heavy atom. The van der Waals surface area contributed by atoms with Crippen molar-refractivity contribution in [2.24, 2.45) is 0 Å². The molecule has 24 heavy (non-hydrogen) atoms. The molecule has 0 fully saturated rings. The minimum atomic E-state index is -0.450. The van der Waals surface area contributed by atoms with Crippen molar-refractivity contribution in [3.63, 3.8) is 0 Å². The van der Waals surface area contributed by atoms with Crippen molar-refractivity contribution in [1.29, 1.82) is 0 Å². The first-order valence-corrected chi connectivity index (χ1v) is 8.80. The maximum Gasteiger partial charge on any atom is 0.348 e. The van der Waals surface area contributed by atoms with Crippen LogP contribution in [0.2, 0.25) is 4.34 Å². The number of carbonyl (C=O) groups excluding carboxylic acids is 1. The fourth-order valence-electron chi connectivity index (χ4n) is 3.05. The summed E-state index contributed by atoms with van der Waals surface area (Å²) in [6.45, 7) is 0.0231. The largest absolute Gasteiger partial charge is 0.457 e. The lowest BCUT2D eigenvalue weighted by Crippen LogP contribution is -2.07. The average molecular weight is 361 g/mol. The molecule has 0 spiro atoms. The Kier molecular flexibility index (Phi) is 3.90. The van der Waals surface area contributed by atoms with Crippen LogP contribution in [0.4, 0.5) is 0 Å². The highest BCUT2D eigenvalue weighted by Gasteiger charge is 2.16. The molecule has 0 unspecified atom stereocenters. The predicted octanol–water partition coefficient (Wildman–Crippen LogP) is 4.35. The molecule has 1 aliphatic carbocycles. The molecule has 0 saturated heterocycles. The van der Waals surface area contributed by atoms with E-state index >= 15 is 0 Å². The SMILES string of the molecule is O=C(OCc1cc(=O)oc2cc3c(cc12)CCC3)c1ccc(Cl)s1. The quantitative estimate of drug-likeness (QED) is 0.514. The second kappa shape index (κ2) is 6.07. The smallest absolute Gasteiger partial charge is 0.348 e. The molecule has 1 aliphatic rings. The normalized spacial score (nSPS) is 13.2. The van der Waals surface area contributed by atoms with Crippen LogP contribution in [0.25, 0.3) is 11.0 Å². The van der Waals surface area contributed by atoms with Crippen LogP contribution in [0, 0.1) is 0 Å². The van der Waals surface area contributed by atoms with Crippen LogP contribution in [0.3, 0.4) is 0 Å². The Morgan fingerprint density at radius 1 is 1.21 bits per heavy atom. The molecule has 0 bridgehead atoms. The number of thiophene rings is 1. The summed E-state index contributed by atoms with van der Waals surface area (Å²) in [4.78, 5) is 24.3. The van der Waals surface area contributed by atoms with E-state index in [1.165, 1.54) is 17.2 Å². The Morgan fingerprint density at radius 2 is 2.00 bits per heavy atom. The summed E-state index contributed by atoms with van der Waals surface area (Å²) in [7, 11) is 0. The third-order valence-corrected chi connectivity index (χ3v) is 5.39.